The van der Waals surface area contributed by atoms with E-state index in [0.717, 1.165) is 10.9 Å². The highest BCUT2D eigenvalue weighted by Crippen LogP contribution is 2.79. The predicted octanol–water partition coefficient (Wildman–Crippen LogP) is 2.85. The van der Waals surface area contributed by atoms with Crippen molar-refractivity contribution in [3.05, 3.63) is 6.33 Å². The number of hydrogen-bond acceptors (Lipinski definition) is 14. The molecule has 0 saturated carbocycles. The molecule has 0 radical (unpaired) electrons. The Morgan fingerprint density at radius 2 is 1.89 bits per heavy atom. The summed E-state index contributed by atoms with van der Waals surface area (Å²) < 4.78 is 139. The Labute approximate surface area is 274 Å². The first-order chi connectivity index (χ1) is 22.7. The average molecular weight is 784 g/mol. The van der Waals surface area contributed by atoms with Gasteiger partial charge in [-0.3, -0.25) is 18.2 Å². The maximum atomic E-state index is 12.8. The third-order valence-electron chi connectivity index (χ3n) is 5.22. The van der Waals surface area contributed by atoms with E-state index < -0.39 is 117 Å². The lowest BCUT2D eigenvalue weighted by Gasteiger charge is -2.26. The second-order valence-electron chi connectivity index (χ2n) is 8.31. The Bertz CT molecular complexity index is 1750. The van der Waals surface area contributed by atoms with Gasteiger partial charge in [-0.1, -0.05) is 35.0 Å². The topological polar surface area (TPSA) is 256 Å². The van der Waals surface area contributed by atoms with Crippen LogP contribution in [-0.4, -0.2) is 108 Å². The van der Waals surface area contributed by atoms with E-state index in [0.29, 0.717) is 11.8 Å². The van der Waals surface area contributed by atoms with Crippen LogP contribution < -0.4 is 5.32 Å². The van der Waals surface area contributed by atoms with Crippen LogP contribution in [0.15, 0.2) is 11.5 Å². The summed E-state index contributed by atoms with van der Waals surface area (Å²) >= 11 is 10.4. The number of rotatable bonds is 15. The van der Waals surface area contributed by atoms with Gasteiger partial charge in [0.25, 0.3) is 0 Å². The molecule has 1 aliphatic heterocycles. The van der Waals surface area contributed by atoms with E-state index in [-0.39, 0.29) is 11.8 Å². The zero-order valence-corrected chi connectivity index (χ0v) is 26.8. The van der Waals surface area contributed by atoms with Gasteiger partial charge in [0.15, 0.2) is 28.4 Å². The molecular formula is C17H25Cl2F3N5O12P3S2. The number of imidazole rings is 1. The molecule has 44 heavy (non-hydrogen) atoms. The number of hydrogen-bond donors (Lipinski definition) is 7. The number of aromatic nitrogens is 4. The lowest BCUT2D eigenvalue weighted by atomic mass is 10.1. The minimum Gasteiger partial charge on any atom is -0.387 e. The SMILES string of the molecule is [2H]C([2H])(Nc1nc(SCCC(F)(F)F)nc2c1ncn2[C@@H]1O[C@H](COP(=O)(O)OP(=O)(O)C(Cl)(Cl)P(=O)(O)O)[C@@H](O)[C@H]1O)C([2H])([2H])S[13C]([2H])([2H])[2H]. The summed E-state index contributed by atoms with van der Waals surface area (Å²) in [7, 11) is -17.8. The first-order valence-corrected chi connectivity index (χ1v) is 18.3. The predicted molar refractivity (Wildman–Crippen MR) is 153 cm³/mol. The minimum absolute atomic E-state index is 0.371. The molecule has 1 aliphatic rings. The highest BCUT2D eigenvalue weighted by molar-refractivity contribution is 7.99. The molecule has 0 amide bonds. The molecule has 27 heteroatoms. The normalized spacial score (nSPS) is 27.7. The molecular weight excluding hydrogens is 752 g/mol. The van der Waals surface area contributed by atoms with Crippen molar-refractivity contribution in [1.29, 1.82) is 0 Å². The van der Waals surface area contributed by atoms with Crippen LogP contribution in [0.3, 0.4) is 0 Å². The van der Waals surface area contributed by atoms with Gasteiger partial charge in [0, 0.05) is 27.5 Å². The quantitative estimate of drug-likeness (QED) is 0.0450. The summed E-state index contributed by atoms with van der Waals surface area (Å²) in [4.78, 5) is 49.7. The number of phosphoric acid groups is 1. The fourth-order valence-corrected chi connectivity index (χ4v) is 8.41. The van der Waals surface area contributed by atoms with E-state index in [1.54, 1.807) is 0 Å². The van der Waals surface area contributed by atoms with Crippen LogP contribution in [-0.2, 0) is 27.3 Å². The number of anilines is 1. The summed E-state index contributed by atoms with van der Waals surface area (Å²) in [5, 5.41) is 22.9. The highest BCUT2D eigenvalue weighted by atomic mass is 35.5. The molecule has 1 saturated heterocycles. The Hall–Kier alpha value is -0.250. The van der Waals surface area contributed by atoms with Gasteiger partial charge in [0.2, 0.25) is 0 Å². The summed E-state index contributed by atoms with van der Waals surface area (Å²) in [6, 6.07) is 0. The van der Waals surface area contributed by atoms with Crippen molar-refractivity contribution in [2.24, 2.45) is 0 Å². The molecule has 17 nitrogen and oxygen atoms in total. The molecule has 7 N–H and O–H groups in total. The number of phosphoric ester groups is 1. The van der Waals surface area contributed by atoms with Gasteiger partial charge in [0.1, 0.15) is 18.3 Å². The van der Waals surface area contributed by atoms with Crippen molar-refractivity contribution in [3.8, 4) is 0 Å². The van der Waals surface area contributed by atoms with Crippen LogP contribution in [0.25, 0.3) is 11.2 Å². The Kier molecular flexibility index (Phi) is 9.45. The number of aliphatic hydroxyl groups is 2. The molecule has 6 atom stereocenters. The van der Waals surface area contributed by atoms with E-state index in [9.17, 15) is 46.9 Å². The molecule has 2 unspecified atom stereocenters. The second-order valence-corrected chi connectivity index (χ2v) is 17.8. The molecule has 0 bridgehead atoms. The average Bonchev–Trinajstić information content (AvgIpc) is 3.44. The Morgan fingerprint density at radius 3 is 2.50 bits per heavy atom. The molecule has 3 rings (SSSR count). The van der Waals surface area contributed by atoms with Crippen LogP contribution >= 0.6 is 69.7 Å². The van der Waals surface area contributed by atoms with Gasteiger partial charge >= 0.3 is 33.0 Å². The third-order valence-corrected chi connectivity index (χ3v) is 14.0. The van der Waals surface area contributed by atoms with Crippen molar-refractivity contribution >= 4 is 86.7 Å². The number of nitrogens with zero attached hydrogens (tertiary/aromatic N) is 4. The maximum absolute atomic E-state index is 12.8. The largest absolute Gasteiger partial charge is 0.479 e. The van der Waals surface area contributed by atoms with Gasteiger partial charge in [-0.15, -0.1) is 0 Å². The van der Waals surface area contributed by atoms with Gasteiger partial charge in [0.05, 0.1) is 19.4 Å². The molecule has 252 valence electrons. The van der Waals surface area contributed by atoms with E-state index in [4.69, 9.17) is 47.3 Å². The molecule has 3 heterocycles. The van der Waals surface area contributed by atoms with Crippen molar-refractivity contribution < 1.29 is 79.8 Å². The number of fused-ring (bicyclic) bond motifs is 1. The zero-order chi connectivity index (χ0) is 39.4. The fraction of sp³-hybridized carbons (Fsp3) is 0.706. The first kappa shape index (κ1) is 28.7. The number of halogens is 5. The summed E-state index contributed by atoms with van der Waals surface area (Å²) in [5.74, 6) is -1.32. The summed E-state index contributed by atoms with van der Waals surface area (Å²) in [5.41, 5.74) is -4.05. The number of nitrogens with one attached hydrogen (secondary N) is 1. The Morgan fingerprint density at radius 1 is 1.20 bits per heavy atom. The first-order valence-electron chi connectivity index (χ1n) is 14.6. The number of aliphatic hydroxyl groups excluding tert-OH is 2. The third kappa shape index (κ3) is 9.21. The molecule has 2 aromatic rings. The van der Waals surface area contributed by atoms with E-state index in [1.807, 2.05) is 5.32 Å². The molecule has 0 aliphatic carbocycles. The van der Waals surface area contributed by atoms with Gasteiger partial charge in [-0.25, -0.2) is 23.8 Å². The van der Waals surface area contributed by atoms with E-state index in [1.165, 1.54) is 0 Å². The zero-order valence-electron chi connectivity index (χ0n) is 28.0. The lowest BCUT2D eigenvalue weighted by molar-refractivity contribution is -0.129. The van der Waals surface area contributed by atoms with Crippen LogP contribution in [0, 0.1) is 0 Å². The number of ether oxygens (including phenoxy) is 1. The molecule has 0 spiro atoms. The lowest BCUT2D eigenvalue weighted by Crippen LogP contribution is -2.33. The minimum atomic E-state index is -6.07. The van der Waals surface area contributed by atoms with Crippen LogP contribution in [0.1, 0.15) is 22.2 Å². The van der Waals surface area contributed by atoms with E-state index >= 15 is 0 Å². The number of thioether (sulfide) groups is 2. The molecule has 0 aromatic carbocycles. The van der Waals surface area contributed by atoms with Crippen LogP contribution in [0.4, 0.5) is 19.0 Å². The molecule has 1 fully saturated rings. The second kappa shape index (κ2) is 14.5. The summed E-state index contributed by atoms with van der Waals surface area (Å²) in [6.07, 6.45) is -15.7. The maximum Gasteiger partial charge on any atom is 0.479 e. The molecule has 2 aromatic heterocycles. The highest BCUT2D eigenvalue weighted by Gasteiger charge is 2.62. The van der Waals surface area contributed by atoms with Crippen molar-refractivity contribution in [3.63, 3.8) is 0 Å². The van der Waals surface area contributed by atoms with Crippen LogP contribution in [0.5, 0.6) is 0 Å². The standard InChI is InChI=1S/C17H25Cl2F3N5O12P3S2/c1-43-5-3-23-12-9-13(26-15(25-12)44-4-2-16(20,21)22)27(7-24-9)14-11(29)10(28)8(38-14)6-37-42(35,36)39-41(33,34)17(18,19)40(30,31)32/h7-8,10-11,14,28-29H,2-6H2,1H3,(H,33,34)(H,35,36)(H,23,25,26)(H2,30,31,32)/t8-,10-,11-,14-/m1/s1/i1+1D3,3D2,5D2. The van der Waals surface area contributed by atoms with Gasteiger partial charge in [-0.2, -0.15) is 24.9 Å². The monoisotopic (exact) mass is 783 g/mol. The van der Waals surface area contributed by atoms with Crippen molar-refractivity contribution in [1.82, 2.24) is 19.5 Å². The van der Waals surface area contributed by atoms with E-state index in [2.05, 4.69) is 23.8 Å². The van der Waals surface area contributed by atoms with Crippen molar-refractivity contribution in [2.45, 2.75) is 46.1 Å². The number of alkyl halides is 5. The van der Waals surface area contributed by atoms with Gasteiger partial charge in [-0.05, 0) is 6.18 Å². The summed E-state index contributed by atoms with van der Waals surface area (Å²) in [6.45, 7) is -4.50. The van der Waals surface area contributed by atoms with Gasteiger partial charge < -0.3 is 39.8 Å². The Balaban J connectivity index is 1.94. The van der Waals surface area contributed by atoms with Crippen LogP contribution in [0.2, 0.25) is 0 Å². The fourth-order valence-electron chi connectivity index (χ4n) is 3.24. The smallest absolute Gasteiger partial charge is 0.387 e. The van der Waals surface area contributed by atoms with Crippen molar-refractivity contribution in [2.75, 3.05) is 36.1 Å².